The fourth-order valence-corrected chi connectivity index (χ4v) is 1.45. The van der Waals surface area contributed by atoms with Crippen molar-refractivity contribution in [3.63, 3.8) is 0 Å². The summed E-state index contributed by atoms with van der Waals surface area (Å²) >= 11 is 0. The lowest BCUT2D eigenvalue weighted by atomic mass is 10.1. The Hall–Kier alpha value is -0.900. The second-order valence-corrected chi connectivity index (χ2v) is 3.20. The molecule has 70 valence electrons. The van der Waals surface area contributed by atoms with Gasteiger partial charge >= 0.3 is 0 Å². The van der Waals surface area contributed by atoms with Crippen LogP contribution in [0, 0.1) is 0 Å². The van der Waals surface area contributed by atoms with Gasteiger partial charge in [0.25, 0.3) is 0 Å². The molecule has 0 spiro atoms. The Kier molecular flexibility index (Phi) is 2.07. The highest BCUT2D eigenvalue weighted by molar-refractivity contribution is 5.20. The minimum atomic E-state index is -0.815. The van der Waals surface area contributed by atoms with Crippen molar-refractivity contribution in [2.45, 2.75) is 19.0 Å². The molecule has 13 heavy (non-hydrogen) atoms. The highest BCUT2D eigenvalue weighted by atomic mass is 16.8. The fraction of sp³-hybridized carbons (Fsp3) is 0.400. The number of ether oxygens (including phenoxy) is 2. The van der Waals surface area contributed by atoms with Crippen molar-refractivity contribution in [1.82, 2.24) is 0 Å². The standard InChI is InChI=1S/C10H12O3/c1-10(12-7-9(11)13-10)8-5-3-2-4-6-8/h2-6,9,11H,7H2,1H3. The van der Waals surface area contributed by atoms with Crippen molar-refractivity contribution in [2.75, 3.05) is 6.61 Å². The van der Waals surface area contributed by atoms with Gasteiger partial charge in [-0.15, -0.1) is 0 Å². The lowest BCUT2D eigenvalue weighted by Crippen LogP contribution is -2.23. The Morgan fingerprint density at radius 3 is 2.62 bits per heavy atom. The van der Waals surface area contributed by atoms with Crippen LogP contribution < -0.4 is 0 Å². The van der Waals surface area contributed by atoms with Gasteiger partial charge in [-0.25, -0.2) is 0 Å². The van der Waals surface area contributed by atoms with Gasteiger partial charge < -0.3 is 14.6 Å². The first-order valence-corrected chi connectivity index (χ1v) is 4.26. The van der Waals surface area contributed by atoms with Gasteiger partial charge in [0.1, 0.15) is 6.61 Å². The summed E-state index contributed by atoms with van der Waals surface area (Å²) in [6.07, 6.45) is -0.815. The van der Waals surface area contributed by atoms with Crippen LogP contribution in [0.1, 0.15) is 12.5 Å². The SMILES string of the molecule is CC1(c2ccccc2)OCC(O)O1. The van der Waals surface area contributed by atoms with Crippen molar-refractivity contribution >= 4 is 0 Å². The summed E-state index contributed by atoms with van der Waals surface area (Å²) in [7, 11) is 0. The smallest absolute Gasteiger partial charge is 0.195 e. The summed E-state index contributed by atoms with van der Waals surface area (Å²) in [5, 5.41) is 9.18. The monoisotopic (exact) mass is 180 g/mol. The van der Waals surface area contributed by atoms with E-state index in [1.165, 1.54) is 0 Å². The highest BCUT2D eigenvalue weighted by Gasteiger charge is 2.37. The van der Waals surface area contributed by atoms with E-state index in [4.69, 9.17) is 9.47 Å². The first-order chi connectivity index (χ1) is 6.21. The summed E-state index contributed by atoms with van der Waals surface area (Å²) in [5.41, 5.74) is 0.923. The van der Waals surface area contributed by atoms with Crippen LogP contribution in [0.2, 0.25) is 0 Å². The molecule has 0 radical (unpaired) electrons. The van der Waals surface area contributed by atoms with Gasteiger partial charge in [-0.2, -0.15) is 0 Å². The van der Waals surface area contributed by atoms with Crippen molar-refractivity contribution in [1.29, 1.82) is 0 Å². The molecule has 0 saturated carbocycles. The molecule has 0 bridgehead atoms. The minimum absolute atomic E-state index is 0.228. The molecule has 1 heterocycles. The van der Waals surface area contributed by atoms with E-state index in [9.17, 15) is 5.11 Å². The van der Waals surface area contributed by atoms with Crippen LogP contribution in [0.4, 0.5) is 0 Å². The van der Waals surface area contributed by atoms with Crippen molar-refractivity contribution in [3.05, 3.63) is 35.9 Å². The van der Waals surface area contributed by atoms with Gasteiger partial charge in [0.05, 0.1) is 0 Å². The Morgan fingerprint density at radius 2 is 2.08 bits per heavy atom. The first-order valence-electron chi connectivity index (χ1n) is 4.26. The number of aliphatic hydroxyl groups is 1. The highest BCUT2D eigenvalue weighted by Crippen LogP contribution is 2.32. The normalized spacial score (nSPS) is 33.5. The summed E-state index contributed by atoms with van der Waals surface area (Å²) in [6, 6.07) is 9.59. The number of rotatable bonds is 1. The number of hydrogen-bond donors (Lipinski definition) is 1. The largest absolute Gasteiger partial charge is 0.366 e. The predicted octanol–water partition coefficient (Wildman–Crippen LogP) is 1.22. The molecule has 0 aliphatic carbocycles. The molecule has 2 unspecified atom stereocenters. The van der Waals surface area contributed by atoms with E-state index in [0.29, 0.717) is 0 Å². The van der Waals surface area contributed by atoms with Crippen molar-refractivity contribution < 1.29 is 14.6 Å². The Labute approximate surface area is 76.9 Å². The molecule has 1 saturated heterocycles. The van der Waals surface area contributed by atoms with Gasteiger partial charge in [-0.3, -0.25) is 0 Å². The van der Waals surface area contributed by atoms with Crippen LogP contribution in [0.5, 0.6) is 0 Å². The number of aliphatic hydroxyl groups excluding tert-OH is 1. The average Bonchev–Trinajstić information content (AvgIpc) is 2.49. The van der Waals surface area contributed by atoms with E-state index >= 15 is 0 Å². The zero-order chi connectivity index (χ0) is 9.31. The molecule has 1 fully saturated rings. The summed E-state index contributed by atoms with van der Waals surface area (Å²) in [5.74, 6) is -0.791. The molecule has 1 aromatic carbocycles. The molecule has 2 rings (SSSR count). The quantitative estimate of drug-likeness (QED) is 0.706. The van der Waals surface area contributed by atoms with Gasteiger partial charge in [-0.1, -0.05) is 30.3 Å². The van der Waals surface area contributed by atoms with Gasteiger partial charge in [0.15, 0.2) is 12.1 Å². The van der Waals surface area contributed by atoms with E-state index in [1.807, 2.05) is 30.3 Å². The molecule has 1 aliphatic heterocycles. The first kappa shape index (κ1) is 8.69. The van der Waals surface area contributed by atoms with Crippen molar-refractivity contribution in [2.24, 2.45) is 0 Å². The second kappa shape index (κ2) is 3.10. The predicted molar refractivity (Wildman–Crippen MR) is 46.8 cm³/mol. The van der Waals surface area contributed by atoms with Crippen LogP contribution in [-0.4, -0.2) is 18.0 Å². The van der Waals surface area contributed by atoms with Crippen LogP contribution in [0.15, 0.2) is 30.3 Å². The Morgan fingerprint density at radius 1 is 1.38 bits per heavy atom. The number of hydrogen-bond acceptors (Lipinski definition) is 3. The third-order valence-electron chi connectivity index (χ3n) is 2.16. The third kappa shape index (κ3) is 1.58. The maximum absolute atomic E-state index is 9.18. The molecular weight excluding hydrogens is 168 g/mol. The lowest BCUT2D eigenvalue weighted by Gasteiger charge is -2.22. The molecule has 3 nitrogen and oxygen atoms in total. The summed E-state index contributed by atoms with van der Waals surface area (Å²) < 4.78 is 10.6. The molecule has 1 aromatic rings. The van der Waals surface area contributed by atoms with E-state index in [2.05, 4.69) is 0 Å². The molecule has 1 aliphatic rings. The van der Waals surface area contributed by atoms with E-state index < -0.39 is 12.1 Å². The van der Waals surface area contributed by atoms with Crippen LogP contribution in [0.25, 0.3) is 0 Å². The zero-order valence-corrected chi connectivity index (χ0v) is 7.43. The minimum Gasteiger partial charge on any atom is -0.366 e. The zero-order valence-electron chi connectivity index (χ0n) is 7.43. The topological polar surface area (TPSA) is 38.7 Å². The second-order valence-electron chi connectivity index (χ2n) is 3.20. The molecule has 3 heteroatoms. The van der Waals surface area contributed by atoms with Gasteiger partial charge in [0.2, 0.25) is 0 Å². The molecule has 0 aromatic heterocycles. The molecule has 0 amide bonds. The van der Waals surface area contributed by atoms with Crippen LogP contribution >= 0.6 is 0 Å². The number of benzene rings is 1. The van der Waals surface area contributed by atoms with Crippen LogP contribution in [-0.2, 0) is 15.3 Å². The van der Waals surface area contributed by atoms with E-state index in [0.717, 1.165) is 5.56 Å². The van der Waals surface area contributed by atoms with Crippen molar-refractivity contribution in [3.8, 4) is 0 Å². The third-order valence-corrected chi connectivity index (χ3v) is 2.16. The average molecular weight is 180 g/mol. The Bertz CT molecular complexity index is 285. The summed E-state index contributed by atoms with van der Waals surface area (Å²) in [4.78, 5) is 0. The van der Waals surface area contributed by atoms with Crippen LogP contribution in [0.3, 0.4) is 0 Å². The molecular formula is C10H12O3. The van der Waals surface area contributed by atoms with Gasteiger partial charge in [-0.05, 0) is 6.92 Å². The van der Waals surface area contributed by atoms with E-state index in [-0.39, 0.29) is 6.61 Å². The lowest BCUT2D eigenvalue weighted by molar-refractivity contribution is -0.193. The van der Waals surface area contributed by atoms with E-state index in [1.54, 1.807) is 6.92 Å². The Balaban J connectivity index is 2.26. The molecule has 2 atom stereocenters. The van der Waals surface area contributed by atoms with Gasteiger partial charge in [0, 0.05) is 5.56 Å². The maximum atomic E-state index is 9.18. The molecule has 1 N–H and O–H groups in total. The summed E-state index contributed by atoms with van der Waals surface area (Å²) in [6.45, 7) is 2.03. The fourth-order valence-electron chi connectivity index (χ4n) is 1.45. The maximum Gasteiger partial charge on any atom is 0.195 e.